The number of hydrogen-bond donors (Lipinski definition) is 12. The molecule has 14 rings (SSSR count). The van der Waals surface area contributed by atoms with Crippen molar-refractivity contribution in [2.45, 2.75) is 238 Å². The van der Waals surface area contributed by atoms with Gasteiger partial charge in [-0.1, -0.05) is 78.9 Å². The molecule has 124 heavy (non-hydrogen) atoms. The predicted octanol–water partition coefficient (Wildman–Crippen LogP) is 3.81. The van der Waals surface area contributed by atoms with E-state index in [9.17, 15) is 63.9 Å². The molecule has 7 saturated heterocycles. The van der Waals surface area contributed by atoms with E-state index in [1.165, 1.54) is 58.9 Å². The van der Waals surface area contributed by atoms with E-state index in [1.54, 1.807) is 98.1 Å². The Hall–Kier alpha value is -7.77. The van der Waals surface area contributed by atoms with Crippen molar-refractivity contribution in [1.29, 1.82) is 0 Å². The Labute approximate surface area is 750 Å². The van der Waals surface area contributed by atoms with Crippen LogP contribution in [-0.4, -0.2) is 239 Å². The summed E-state index contributed by atoms with van der Waals surface area (Å²) in [5, 5.41) is 56.4. The van der Waals surface area contributed by atoms with Crippen molar-refractivity contribution < 1.29 is 136 Å². The number of nitrogens with zero attached hydrogens (tertiary/aromatic N) is 4. The van der Waals surface area contributed by atoms with E-state index >= 15 is 0 Å². The van der Waals surface area contributed by atoms with E-state index in [1.807, 2.05) is 67.5 Å². The number of ether oxygens (including phenoxy) is 14. The van der Waals surface area contributed by atoms with Crippen LogP contribution in [-0.2, 0) is 77.7 Å². The second-order valence-electron chi connectivity index (χ2n) is 29.2. The van der Waals surface area contributed by atoms with Gasteiger partial charge in [0.1, 0.15) is 54.9 Å². The summed E-state index contributed by atoms with van der Waals surface area (Å²) in [6.45, 7) is 18.9. The molecule has 7 aromatic rings. The first-order chi connectivity index (χ1) is 56.7. The number of rotatable bonds is 17. The first-order valence-corrected chi connectivity index (χ1v) is 39.9. The van der Waals surface area contributed by atoms with Crippen LogP contribution >= 0.6 is 61.1 Å². The molecule has 13 N–H and O–H groups in total. The SMILES string of the molecule is C.C.CC1(C)OC2[C@@H](CO)O[C@@H](n3cc(CO)c(=O)[nH]c3=S)[C@H]2O1.CC1(C)OC2[C@@H](CO)O[C@@H](n3ccc(=O)[nH]c3=S)[C@H]2O1.CC[C@H]1O[C@@H](OC(C)=O)[C@@H](OC(=O)c2ccccc2)C1C.CC[C@H]1O[C@@H](n2ccc(=O)[nH]c2=S)[C@@H](OC(=O)c2ccccc2)C1C.COC(C)(C)OC.O=c1cc[nH]c(=S)[nH]1.O=c1ccn([C@@H]2O[C@H](CO)C(O)[C@@H]2O)c(=S)[nH]1.[Li+].[OH-]. The molecule has 0 amide bonds. The number of aliphatic hydroxyl groups is 6. The molecule has 682 valence electrons. The number of esters is 3. The number of hydrogen-bond acceptors (Lipinski definition) is 34. The van der Waals surface area contributed by atoms with E-state index in [4.69, 9.17) is 120 Å². The monoisotopic (exact) mass is 1830 g/mol. The number of aromatic nitrogens is 10. The van der Waals surface area contributed by atoms with Gasteiger partial charge in [0.15, 0.2) is 78.3 Å². The number of carbonyl (C=O) groups is 3. The third kappa shape index (κ3) is 28.4. The van der Waals surface area contributed by atoms with E-state index in [0.717, 1.165) is 12.8 Å². The molecular formula is C79H111LiN10O29S5. The number of carbonyl (C=O) groups excluding carboxylic acids is 3. The first kappa shape index (κ1) is 109. The average molecular weight is 1830 g/mol. The van der Waals surface area contributed by atoms with Gasteiger partial charge in [0.05, 0.1) is 55.3 Å². The molecule has 7 fully saturated rings. The molecule has 0 saturated carbocycles. The Morgan fingerprint density at radius 2 is 0.871 bits per heavy atom. The fourth-order valence-corrected chi connectivity index (χ4v) is 14.5. The van der Waals surface area contributed by atoms with Gasteiger partial charge in [-0.15, -0.1) is 0 Å². The van der Waals surface area contributed by atoms with Crippen molar-refractivity contribution in [1.82, 2.24) is 48.2 Å². The van der Waals surface area contributed by atoms with Crippen molar-refractivity contribution >= 4 is 79.0 Å². The van der Waals surface area contributed by atoms with Crippen molar-refractivity contribution in [3.8, 4) is 0 Å². The molecule has 20 atom stereocenters. The summed E-state index contributed by atoms with van der Waals surface area (Å²) in [4.78, 5) is 106. The van der Waals surface area contributed by atoms with Crippen LogP contribution in [0.1, 0.15) is 155 Å². The normalized spacial score (nSPS) is 27.2. The van der Waals surface area contributed by atoms with Gasteiger partial charge in [0.25, 0.3) is 27.8 Å². The minimum Gasteiger partial charge on any atom is -0.870 e. The number of aromatic amines is 6. The zero-order chi connectivity index (χ0) is 88.4. The zero-order valence-electron chi connectivity index (χ0n) is 69.2. The molecule has 2 aromatic carbocycles. The zero-order valence-corrected chi connectivity index (χ0v) is 73.3. The van der Waals surface area contributed by atoms with E-state index in [2.05, 4.69) is 42.1 Å². The number of methoxy groups -OCH3 is 2. The molecule has 0 spiro atoms. The number of fused-ring (bicyclic) bond motifs is 2. The summed E-state index contributed by atoms with van der Waals surface area (Å²) in [5.41, 5.74) is -0.419. The summed E-state index contributed by atoms with van der Waals surface area (Å²) in [6.07, 6.45) is -1.79. The molecule has 39 nitrogen and oxygen atoms in total. The van der Waals surface area contributed by atoms with Crippen LogP contribution in [0.5, 0.6) is 0 Å². The molecule has 5 unspecified atom stereocenters. The van der Waals surface area contributed by atoms with E-state index in [0.29, 0.717) is 15.9 Å². The van der Waals surface area contributed by atoms with Crippen LogP contribution in [0.3, 0.4) is 0 Å². The Morgan fingerprint density at radius 1 is 0.492 bits per heavy atom. The van der Waals surface area contributed by atoms with Crippen molar-refractivity contribution in [2.75, 3.05) is 34.0 Å². The molecule has 0 radical (unpaired) electrons. The third-order valence-electron chi connectivity index (χ3n) is 19.6. The fraction of sp³-hybridized carbons (Fsp3) is 0.557. The van der Waals surface area contributed by atoms with Gasteiger partial charge in [-0.05, 0) is 140 Å². The summed E-state index contributed by atoms with van der Waals surface area (Å²) < 4.78 is 85.0. The van der Waals surface area contributed by atoms with Gasteiger partial charge in [-0.3, -0.25) is 72.0 Å². The summed E-state index contributed by atoms with van der Waals surface area (Å²) in [6, 6.07) is 22.9. The predicted molar refractivity (Wildman–Crippen MR) is 452 cm³/mol. The molecule has 12 heterocycles. The van der Waals surface area contributed by atoms with Crippen LogP contribution in [0.2, 0.25) is 0 Å². The smallest absolute Gasteiger partial charge is 0.870 e. The molecule has 5 aromatic heterocycles. The summed E-state index contributed by atoms with van der Waals surface area (Å²) in [5.74, 6) is -3.29. The Kier molecular flexibility index (Phi) is 42.9. The van der Waals surface area contributed by atoms with Crippen molar-refractivity contribution in [3.63, 3.8) is 0 Å². The maximum absolute atomic E-state index is 12.5. The van der Waals surface area contributed by atoms with E-state index < -0.39 is 140 Å². The molecular weight excluding hydrogens is 1720 g/mol. The minimum absolute atomic E-state index is 0. The second-order valence-corrected chi connectivity index (χ2v) is 31.2. The summed E-state index contributed by atoms with van der Waals surface area (Å²) in [7, 11) is 3.23. The molecule has 0 bridgehead atoms. The van der Waals surface area contributed by atoms with Crippen molar-refractivity contribution in [2.24, 2.45) is 11.8 Å². The van der Waals surface area contributed by atoms with Crippen molar-refractivity contribution in [3.05, 3.63) is 208 Å². The fourth-order valence-electron chi connectivity index (χ4n) is 13.3. The van der Waals surface area contributed by atoms with Crippen LogP contribution in [0, 0.1) is 35.7 Å². The quantitative estimate of drug-likeness (QED) is 0.0203. The Bertz CT molecular complexity index is 5170. The topological polar surface area (TPSA) is 532 Å². The Morgan fingerprint density at radius 3 is 1.25 bits per heavy atom. The average Bonchev–Trinajstić information content (AvgIpc) is 1.60. The third-order valence-corrected chi connectivity index (χ3v) is 21.1. The Balaban J connectivity index is 0.000000310. The number of H-pyrrole nitrogens is 6. The molecule has 7 aliphatic heterocycles. The van der Waals surface area contributed by atoms with Crippen LogP contribution < -0.4 is 46.7 Å². The van der Waals surface area contributed by atoms with Crippen LogP contribution in [0.15, 0.2) is 140 Å². The molecule has 45 heteroatoms. The van der Waals surface area contributed by atoms with Gasteiger partial charge in [-0.25, -0.2) is 9.59 Å². The number of aliphatic hydroxyl groups excluding tert-OH is 6. The molecule has 7 aliphatic rings. The number of benzene rings is 2. The first-order valence-electron chi connectivity index (χ1n) is 37.9. The van der Waals surface area contributed by atoms with Gasteiger partial charge in [0.2, 0.25) is 6.29 Å². The maximum Gasteiger partial charge on any atom is 1.00 e. The van der Waals surface area contributed by atoms with Crippen LogP contribution in [0.4, 0.5) is 0 Å². The number of nitrogens with one attached hydrogen (secondary N) is 6. The minimum atomic E-state index is -1.22. The second kappa shape index (κ2) is 49.0. The van der Waals surface area contributed by atoms with Gasteiger partial charge in [-0.2, -0.15) is 0 Å². The molecule has 0 aliphatic carbocycles. The van der Waals surface area contributed by atoms with Gasteiger partial charge >= 0.3 is 36.8 Å². The standard InChI is InChI=1S/C18H20N2O4S.C16H20O5.C13H18N2O6S.C12H16N2O5S.C9H12N2O5S.C5H12O2.C4H4N2OS.2CH4.Li.H2O/c1-3-13-11(2)15(24-17(22)12-7-5-4-6-8-12)16(23-13)20-10-9-14(21)19-18(20)25;1-4-13-10(2)14(16(20-13)19-11(3)17)21-15(18)12-8-6-5-7-9-12;1-13(2)20-8-7(5-17)19-11(9(8)21-13)15-3-6(4-16)10(18)14-12(15)22;1-12(2)18-8-6(5-15)17-10(9(8)19-12)14-4-3-7(16)13-11(14)20;12-3-4-6(14)7(15)8(16-4)11-2-1-5(13)10-9(11)17;1-5(2,6-3)7-4;7-3-1-2-5-4(8)6-3;;;;/h4-11,13,15-16H,3H2,1-2H3,(H,19,21,25);5-10,13-14,16H,4H2,1-3H3;3,7-9,11,16-17H,4-5H2,1-2H3,(H,14,18,22);3-4,6,8-10,15H,5H2,1-2H3,(H,13,16,20);1-2,4,6-8,12,14-15H,3H2,(H,10,13,17);1-4H3;1-2H,(H2,5,6,7,8);2*1H4;;1H2/q;;;;;;;;;+1;/p-1/t11?,13-,15+,16-;10?,13-,14+,16-;7-,8?,9+,11-;6-,8?,9+,10-;4-,6?,7+,8-;;;;;;/m11111....../s1. The summed E-state index contributed by atoms with van der Waals surface area (Å²) >= 11 is 25.0. The van der Waals surface area contributed by atoms with Crippen LogP contribution in [0.25, 0.3) is 0 Å². The van der Waals surface area contributed by atoms with E-state index in [-0.39, 0.29) is 136 Å². The maximum atomic E-state index is 12.5. The van der Waals surface area contributed by atoms with Gasteiger partial charge < -0.3 is 107 Å². The largest absolute Gasteiger partial charge is 1.00 e. The van der Waals surface area contributed by atoms with Gasteiger partial charge in [0, 0.05) is 88.2 Å².